The van der Waals surface area contributed by atoms with Crippen LogP contribution in [0.3, 0.4) is 0 Å². The Labute approximate surface area is 133 Å². The summed E-state index contributed by atoms with van der Waals surface area (Å²) in [6.45, 7) is 11.7. The fourth-order valence-electron chi connectivity index (χ4n) is 3.23. The summed E-state index contributed by atoms with van der Waals surface area (Å²) in [5, 5.41) is 3.41. The number of benzene rings is 1. The van der Waals surface area contributed by atoms with Crippen molar-refractivity contribution in [1.29, 1.82) is 0 Å². The van der Waals surface area contributed by atoms with Crippen molar-refractivity contribution in [1.82, 2.24) is 10.2 Å². The van der Waals surface area contributed by atoms with Gasteiger partial charge in [0, 0.05) is 39.1 Å². The third kappa shape index (κ3) is 3.73. The lowest BCUT2D eigenvalue weighted by Gasteiger charge is -2.27. The molecular weight excluding hydrogens is 276 g/mol. The van der Waals surface area contributed by atoms with Crippen molar-refractivity contribution in [3.8, 4) is 11.5 Å². The molecule has 2 aliphatic heterocycles. The van der Waals surface area contributed by atoms with E-state index in [0.29, 0.717) is 5.92 Å². The Morgan fingerprint density at radius 3 is 2.45 bits per heavy atom. The predicted molar refractivity (Wildman–Crippen MR) is 89.2 cm³/mol. The van der Waals surface area contributed by atoms with Crippen molar-refractivity contribution in [3.63, 3.8) is 0 Å². The van der Waals surface area contributed by atoms with E-state index in [1.165, 1.54) is 11.1 Å². The van der Waals surface area contributed by atoms with E-state index >= 15 is 0 Å². The zero-order valence-corrected chi connectivity index (χ0v) is 13.9. The van der Waals surface area contributed by atoms with E-state index in [4.69, 9.17) is 9.47 Å². The largest absolute Gasteiger partial charge is 0.490 e. The van der Waals surface area contributed by atoms with Crippen LogP contribution in [0.15, 0.2) is 12.1 Å². The van der Waals surface area contributed by atoms with Gasteiger partial charge in [0.2, 0.25) is 0 Å². The SMILES string of the molecule is CC(C)c1cc2c(cc1CCN1CCNCC1)OCCCO2. The average Bonchev–Trinajstić information content (AvgIpc) is 2.77. The summed E-state index contributed by atoms with van der Waals surface area (Å²) < 4.78 is 11.7. The maximum Gasteiger partial charge on any atom is 0.161 e. The standard InChI is InChI=1S/C18H28N2O2/c1-14(2)16-13-18-17(21-10-3-11-22-18)12-15(16)4-7-20-8-5-19-6-9-20/h12-14,19H,3-11H2,1-2H3. The minimum absolute atomic E-state index is 0.509. The van der Waals surface area contributed by atoms with Gasteiger partial charge in [-0.15, -0.1) is 0 Å². The number of ether oxygens (including phenoxy) is 2. The maximum atomic E-state index is 5.87. The van der Waals surface area contributed by atoms with Gasteiger partial charge in [0.25, 0.3) is 0 Å². The molecule has 1 N–H and O–H groups in total. The van der Waals surface area contributed by atoms with Gasteiger partial charge in [-0.05, 0) is 35.6 Å². The number of hydrogen-bond donors (Lipinski definition) is 1. The molecule has 4 heteroatoms. The van der Waals surface area contributed by atoms with Crippen molar-refractivity contribution < 1.29 is 9.47 Å². The number of piperazine rings is 1. The Balaban J connectivity index is 1.77. The van der Waals surface area contributed by atoms with Crippen LogP contribution in [0.25, 0.3) is 0 Å². The molecule has 3 rings (SSSR count). The molecule has 1 saturated heterocycles. The zero-order valence-electron chi connectivity index (χ0n) is 13.9. The van der Waals surface area contributed by atoms with Gasteiger partial charge in [0.05, 0.1) is 13.2 Å². The van der Waals surface area contributed by atoms with Gasteiger partial charge in [-0.25, -0.2) is 0 Å². The molecule has 122 valence electrons. The van der Waals surface area contributed by atoms with E-state index in [-0.39, 0.29) is 0 Å². The van der Waals surface area contributed by atoms with Crippen molar-refractivity contribution in [3.05, 3.63) is 23.3 Å². The van der Waals surface area contributed by atoms with Crippen molar-refractivity contribution in [2.75, 3.05) is 45.9 Å². The number of fused-ring (bicyclic) bond motifs is 1. The van der Waals surface area contributed by atoms with Crippen molar-refractivity contribution in [2.24, 2.45) is 0 Å². The molecule has 1 aromatic carbocycles. The first-order valence-corrected chi connectivity index (χ1v) is 8.59. The first-order chi connectivity index (χ1) is 10.7. The second-order valence-corrected chi connectivity index (χ2v) is 6.54. The normalized spacial score (nSPS) is 19.2. The summed E-state index contributed by atoms with van der Waals surface area (Å²) in [6, 6.07) is 4.43. The predicted octanol–water partition coefficient (Wildman–Crippen LogP) is 2.42. The van der Waals surface area contributed by atoms with E-state index < -0.39 is 0 Å². The summed E-state index contributed by atoms with van der Waals surface area (Å²) in [4.78, 5) is 2.55. The molecule has 0 radical (unpaired) electrons. The fraction of sp³-hybridized carbons (Fsp3) is 0.667. The molecule has 0 amide bonds. The van der Waals surface area contributed by atoms with Crippen LogP contribution in [0.1, 0.15) is 37.3 Å². The van der Waals surface area contributed by atoms with Gasteiger partial charge in [-0.3, -0.25) is 0 Å². The van der Waals surface area contributed by atoms with E-state index in [9.17, 15) is 0 Å². The quantitative estimate of drug-likeness (QED) is 0.926. The molecule has 1 fully saturated rings. The summed E-state index contributed by atoms with van der Waals surface area (Å²) in [6.07, 6.45) is 2.05. The topological polar surface area (TPSA) is 33.7 Å². The number of hydrogen-bond acceptors (Lipinski definition) is 4. The Bertz CT molecular complexity index is 496. The lowest BCUT2D eigenvalue weighted by Crippen LogP contribution is -2.44. The molecular formula is C18H28N2O2. The molecule has 4 nitrogen and oxygen atoms in total. The van der Waals surface area contributed by atoms with Crippen LogP contribution in [0.5, 0.6) is 11.5 Å². The molecule has 1 aromatic rings. The van der Waals surface area contributed by atoms with E-state index in [1.807, 2.05) is 0 Å². The monoisotopic (exact) mass is 304 g/mol. The fourth-order valence-corrected chi connectivity index (χ4v) is 3.23. The van der Waals surface area contributed by atoms with Crippen LogP contribution in [-0.4, -0.2) is 50.8 Å². The molecule has 2 heterocycles. The lowest BCUT2D eigenvalue weighted by atomic mass is 9.94. The van der Waals surface area contributed by atoms with Gasteiger partial charge in [0.15, 0.2) is 11.5 Å². The summed E-state index contributed by atoms with van der Waals surface area (Å²) >= 11 is 0. The third-order valence-electron chi connectivity index (χ3n) is 4.54. The summed E-state index contributed by atoms with van der Waals surface area (Å²) in [7, 11) is 0. The molecule has 0 aliphatic carbocycles. The lowest BCUT2D eigenvalue weighted by molar-refractivity contribution is 0.243. The van der Waals surface area contributed by atoms with Gasteiger partial charge in [0.1, 0.15) is 0 Å². The number of nitrogens with one attached hydrogen (secondary N) is 1. The molecule has 0 bridgehead atoms. The third-order valence-corrected chi connectivity index (χ3v) is 4.54. The molecule has 2 aliphatic rings. The summed E-state index contributed by atoms with van der Waals surface area (Å²) in [5.41, 5.74) is 2.82. The molecule has 22 heavy (non-hydrogen) atoms. The van der Waals surface area contributed by atoms with Crippen LogP contribution < -0.4 is 14.8 Å². The minimum Gasteiger partial charge on any atom is -0.490 e. The number of nitrogens with zero attached hydrogens (tertiary/aromatic N) is 1. The Morgan fingerprint density at radius 1 is 1.09 bits per heavy atom. The van der Waals surface area contributed by atoms with Crippen LogP contribution in [0, 0.1) is 0 Å². The smallest absolute Gasteiger partial charge is 0.161 e. The summed E-state index contributed by atoms with van der Waals surface area (Å²) in [5.74, 6) is 2.36. The van der Waals surface area contributed by atoms with Crippen LogP contribution >= 0.6 is 0 Å². The first-order valence-electron chi connectivity index (χ1n) is 8.59. The highest BCUT2D eigenvalue weighted by Gasteiger charge is 2.17. The van der Waals surface area contributed by atoms with Gasteiger partial charge < -0.3 is 19.7 Å². The van der Waals surface area contributed by atoms with E-state index in [0.717, 1.165) is 70.3 Å². The molecule has 0 saturated carbocycles. The highest BCUT2D eigenvalue weighted by Crippen LogP contribution is 2.35. The minimum atomic E-state index is 0.509. The van der Waals surface area contributed by atoms with E-state index in [1.54, 1.807) is 0 Å². The van der Waals surface area contributed by atoms with Crippen LogP contribution in [-0.2, 0) is 6.42 Å². The molecule has 0 aromatic heterocycles. The Morgan fingerprint density at radius 2 is 1.77 bits per heavy atom. The highest BCUT2D eigenvalue weighted by molar-refractivity contribution is 5.49. The molecule has 0 unspecified atom stereocenters. The first kappa shape index (κ1) is 15.6. The van der Waals surface area contributed by atoms with Crippen molar-refractivity contribution >= 4 is 0 Å². The Hall–Kier alpha value is -1.26. The van der Waals surface area contributed by atoms with E-state index in [2.05, 4.69) is 36.2 Å². The zero-order chi connectivity index (χ0) is 15.4. The van der Waals surface area contributed by atoms with Crippen LogP contribution in [0.2, 0.25) is 0 Å². The molecule has 0 spiro atoms. The Kier molecular flexibility index (Phi) is 5.21. The van der Waals surface area contributed by atoms with Gasteiger partial charge in [-0.1, -0.05) is 13.8 Å². The maximum absolute atomic E-state index is 5.87. The molecule has 0 atom stereocenters. The van der Waals surface area contributed by atoms with Gasteiger partial charge >= 0.3 is 0 Å². The van der Waals surface area contributed by atoms with Crippen LogP contribution in [0.4, 0.5) is 0 Å². The second kappa shape index (κ2) is 7.34. The average molecular weight is 304 g/mol. The van der Waals surface area contributed by atoms with Gasteiger partial charge in [-0.2, -0.15) is 0 Å². The number of rotatable bonds is 4. The highest BCUT2D eigenvalue weighted by atomic mass is 16.5. The van der Waals surface area contributed by atoms with Crippen molar-refractivity contribution in [2.45, 2.75) is 32.6 Å². The second-order valence-electron chi connectivity index (χ2n) is 6.54.